The fourth-order valence-electron chi connectivity index (χ4n) is 4.93. The molecule has 1 atom stereocenters. The van der Waals surface area contributed by atoms with E-state index in [9.17, 15) is 22.4 Å². The van der Waals surface area contributed by atoms with Crippen molar-refractivity contribution in [2.45, 2.75) is 51.9 Å². The second-order valence-electron chi connectivity index (χ2n) is 10.1. The van der Waals surface area contributed by atoms with Gasteiger partial charge in [0, 0.05) is 17.3 Å². The summed E-state index contributed by atoms with van der Waals surface area (Å²) < 4.78 is 62.3. The largest absolute Gasteiger partial charge is 0.433 e. The number of pyridine rings is 1. The Bertz CT molecular complexity index is 1620. The van der Waals surface area contributed by atoms with Crippen LogP contribution < -0.4 is 11.0 Å². The molecule has 1 aliphatic rings. The Kier molecular flexibility index (Phi) is 7.35. The van der Waals surface area contributed by atoms with Crippen molar-refractivity contribution in [3.05, 3.63) is 106 Å². The van der Waals surface area contributed by atoms with Gasteiger partial charge in [-0.2, -0.15) is 13.2 Å². The monoisotopic (exact) mass is 552 g/mol. The first-order valence-corrected chi connectivity index (χ1v) is 13.0. The predicted octanol–water partition coefficient (Wildman–Crippen LogP) is 6.58. The highest BCUT2D eigenvalue weighted by Crippen LogP contribution is 2.42. The average Bonchev–Trinajstić information content (AvgIpc) is 3.71. The number of oxazole rings is 1. The van der Waals surface area contributed by atoms with Crippen LogP contribution in [0.2, 0.25) is 0 Å². The number of amides is 1. The third-order valence-corrected chi connectivity index (χ3v) is 7.16. The molecule has 1 aliphatic carbocycles. The molecule has 1 amide bonds. The minimum Gasteiger partial charge on any atom is -0.432 e. The summed E-state index contributed by atoms with van der Waals surface area (Å²) in [5.41, 5.74) is 1.53. The first kappa shape index (κ1) is 27.4. The molecule has 0 saturated heterocycles. The minimum atomic E-state index is -4.70. The van der Waals surface area contributed by atoms with Crippen LogP contribution in [0, 0.1) is 24.1 Å². The van der Waals surface area contributed by atoms with Crippen LogP contribution in [0.25, 0.3) is 11.1 Å². The molecule has 10 heteroatoms. The first-order chi connectivity index (χ1) is 19.0. The first-order valence-electron chi connectivity index (χ1n) is 13.0. The Morgan fingerprint density at radius 3 is 2.65 bits per heavy atom. The predicted molar refractivity (Wildman–Crippen MR) is 140 cm³/mol. The van der Waals surface area contributed by atoms with Crippen LogP contribution in [0.15, 0.2) is 65.4 Å². The number of carbonyl (C=O) groups excluding carboxylic acids is 1. The van der Waals surface area contributed by atoms with E-state index >= 15 is 0 Å². The maximum Gasteiger partial charge on any atom is 0.433 e. The van der Waals surface area contributed by atoms with E-state index in [-0.39, 0.29) is 46.7 Å². The topological polar surface area (TPSA) is 83.9 Å². The average molecular weight is 553 g/mol. The highest BCUT2D eigenvalue weighted by atomic mass is 19.4. The molecule has 208 valence electrons. The number of rotatable bonds is 8. The maximum atomic E-state index is 13.9. The van der Waals surface area contributed by atoms with E-state index in [1.807, 2.05) is 6.92 Å². The van der Waals surface area contributed by atoms with Crippen molar-refractivity contribution in [3.8, 4) is 11.1 Å². The fourth-order valence-corrected chi connectivity index (χ4v) is 4.93. The number of halogens is 4. The van der Waals surface area contributed by atoms with Gasteiger partial charge in [-0.05, 0) is 84.7 Å². The maximum absolute atomic E-state index is 13.9. The van der Waals surface area contributed by atoms with Crippen molar-refractivity contribution >= 4 is 5.91 Å². The van der Waals surface area contributed by atoms with Gasteiger partial charge in [0.15, 0.2) is 5.69 Å². The van der Waals surface area contributed by atoms with Gasteiger partial charge in [0.1, 0.15) is 12.1 Å². The summed E-state index contributed by atoms with van der Waals surface area (Å²) in [7, 11) is 0. The number of carbonyl (C=O) groups is 1. The molecule has 6 nitrogen and oxygen atoms in total. The van der Waals surface area contributed by atoms with Crippen LogP contribution in [0.1, 0.15) is 64.2 Å². The zero-order valence-corrected chi connectivity index (χ0v) is 22.0. The van der Waals surface area contributed by atoms with Gasteiger partial charge < -0.3 is 9.73 Å². The Hall–Kier alpha value is -4.21. The van der Waals surface area contributed by atoms with Gasteiger partial charge in [-0.3, -0.25) is 19.8 Å². The highest BCUT2D eigenvalue weighted by Gasteiger charge is 2.36. The van der Waals surface area contributed by atoms with Gasteiger partial charge >= 0.3 is 6.18 Å². The van der Waals surface area contributed by atoms with Crippen molar-refractivity contribution in [1.29, 1.82) is 5.41 Å². The van der Waals surface area contributed by atoms with Gasteiger partial charge in [0.05, 0.1) is 18.3 Å². The summed E-state index contributed by atoms with van der Waals surface area (Å²) in [5, 5.41) is 11.2. The number of alkyl halides is 3. The lowest BCUT2D eigenvalue weighted by Crippen LogP contribution is -2.30. The van der Waals surface area contributed by atoms with Crippen LogP contribution in [-0.4, -0.2) is 15.5 Å². The summed E-state index contributed by atoms with van der Waals surface area (Å²) in [4.78, 5) is 17.2. The van der Waals surface area contributed by atoms with E-state index in [1.165, 1.54) is 30.5 Å². The van der Waals surface area contributed by atoms with Gasteiger partial charge in [0.25, 0.3) is 11.6 Å². The summed E-state index contributed by atoms with van der Waals surface area (Å²) in [6, 6.07) is 11.7. The van der Waals surface area contributed by atoms with E-state index < -0.39 is 17.8 Å². The number of benzene rings is 2. The summed E-state index contributed by atoms with van der Waals surface area (Å²) >= 11 is 0. The van der Waals surface area contributed by atoms with Crippen LogP contribution in [0.5, 0.6) is 0 Å². The zero-order valence-electron chi connectivity index (χ0n) is 22.0. The molecule has 0 bridgehead atoms. The van der Waals surface area contributed by atoms with Crippen LogP contribution in [-0.2, 0) is 19.1 Å². The number of aromatic nitrogens is 2. The number of hydrogen-bond acceptors (Lipinski definition) is 4. The van der Waals surface area contributed by atoms with Crippen molar-refractivity contribution in [2.75, 3.05) is 0 Å². The van der Waals surface area contributed by atoms with Crippen molar-refractivity contribution in [1.82, 2.24) is 14.9 Å². The molecule has 0 spiro atoms. The molecular weight excluding hydrogens is 524 g/mol. The van der Waals surface area contributed by atoms with E-state index in [1.54, 1.807) is 35.8 Å². The fraction of sp³-hybridized carbons (Fsp3) is 0.300. The number of nitrogens with one attached hydrogen (secondary N) is 2. The van der Waals surface area contributed by atoms with Gasteiger partial charge in [-0.15, -0.1) is 0 Å². The van der Waals surface area contributed by atoms with Crippen LogP contribution in [0.4, 0.5) is 17.6 Å². The van der Waals surface area contributed by atoms with Gasteiger partial charge in [0.2, 0.25) is 0 Å². The third kappa shape index (κ3) is 5.71. The van der Waals surface area contributed by atoms with E-state index in [0.29, 0.717) is 17.5 Å². The van der Waals surface area contributed by atoms with Crippen molar-refractivity contribution in [3.63, 3.8) is 0 Å². The summed E-state index contributed by atoms with van der Waals surface area (Å²) in [5.74, 6) is -0.611. The summed E-state index contributed by atoms with van der Waals surface area (Å²) in [6.45, 7) is 3.68. The molecule has 40 heavy (non-hydrogen) atoms. The molecule has 2 heterocycles. The second-order valence-corrected chi connectivity index (χ2v) is 10.1. The lowest BCUT2D eigenvalue weighted by atomic mass is 9.96. The molecule has 1 saturated carbocycles. The standard InChI is InChI=1S/C30H28F4N4O2/c1-3-23-16-40-29(35)38(23)15-18-12-21(24-5-4-10-36-27(24)30(32,33)34)14-22(13-18)28(39)37-26(19-6-7-19)20-8-9-25(31)17(2)11-20/h4-5,8-14,16,19,26,35H,3,6-7,15H2,1-2H3,(H,37,39). The Morgan fingerprint density at radius 1 is 1.20 bits per heavy atom. The van der Waals surface area contributed by atoms with Crippen molar-refractivity contribution < 1.29 is 26.8 Å². The molecule has 2 aromatic heterocycles. The van der Waals surface area contributed by atoms with E-state index in [0.717, 1.165) is 30.3 Å². The highest BCUT2D eigenvalue weighted by molar-refractivity contribution is 5.96. The van der Waals surface area contributed by atoms with Gasteiger partial charge in [-0.25, -0.2) is 4.39 Å². The SMILES string of the molecule is CCc1coc(=N)n1Cc1cc(C(=O)NC(c2ccc(F)c(C)c2)C2CC2)cc(-c2cccnc2C(F)(F)F)c1. The molecule has 2 N–H and O–H groups in total. The lowest BCUT2D eigenvalue weighted by Gasteiger charge is -2.20. The minimum absolute atomic E-state index is 0.105. The molecule has 4 aromatic rings. The molecule has 0 radical (unpaired) electrons. The molecule has 5 rings (SSSR count). The molecule has 1 fully saturated rings. The van der Waals surface area contributed by atoms with Gasteiger partial charge in [-0.1, -0.05) is 25.1 Å². The van der Waals surface area contributed by atoms with E-state index in [4.69, 9.17) is 9.83 Å². The Morgan fingerprint density at radius 2 is 1.98 bits per heavy atom. The Balaban J connectivity index is 1.57. The summed E-state index contributed by atoms with van der Waals surface area (Å²) in [6.07, 6.45) is 0.233. The third-order valence-electron chi connectivity index (χ3n) is 7.16. The van der Waals surface area contributed by atoms with E-state index in [2.05, 4.69) is 10.3 Å². The lowest BCUT2D eigenvalue weighted by molar-refractivity contribution is -0.140. The molecular formula is C30H28F4N4O2. The Labute approximate surface area is 228 Å². The normalized spacial score (nSPS) is 14.2. The second kappa shape index (κ2) is 10.7. The molecule has 1 unspecified atom stereocenters. The molecule has 2 aromatic carbocycles. The molecule has 0 aliphatic heterocycles. The quantitative estimate of drug-likeness (QED) is 0.242. The van der Waals surface area contributed by atoms with Crippen molar-refractivity contribution in [2.24, 2.45) is 5.92 Å². The van der Waals surface area contributed by atoms with Crippen LogP contribution in [0.3, 0.4) is 0 Å². The number of aryl methyl sites for hydroxylation is 2. The van der Waals surface area contributed by atoms with Crippen LogP contribution >= 0.6 is 0 Å². The smallest absolute Gasteiger partial charge is 0.432 e. The number of hydrogen-bond donors (Lipinski definition) is 2. The zero-order chi connectivity index (χ0) is 28.6. The number of nitrogens with zero attached hydrogens (tertiary/aromatic N) is 2.